The van der Waals surface area contributed by atoms with Crippen molar-refractivity contribution < 1.29 is 9.59 Å². The Labute approximate surface area is 163 Å². The van der Waals surface area contributed by atoms with Gasteiger partial charge < -0.3 is 10.2 Å². The number of nitrogens with one attached hydrogen (secondary N) is 1. The lowest BCUT2D eigenvalue weighted by Crippen LogP contribution is -2.52. The molecule has 6 heteroatoms. The van der Waals surface area contributed by atoms with Gasteiger partial charge in [0.05, 0.1) is 11.8 Å². The smallest absolute Gasteiger partial charge is 0.238 e. The third-order valence-electron chi connectivity index (χ3n) is 5.03. The van der Waals surface area contributed by atoms with Gasteiger partial charge in [0.2, 0.25) is 11.8 Å². The van der Waals surface area contributed by atoms with Crippen molar-refractivity contribution in [1.29, 1.82) is 0 Å². The lowest BCUT2D eigenvalue weighted by molar-refractivity contribution is -0.132. The average molecular weight is 382 g/mol. The van der Waals surface area contributed by atoms with Gasteiger partial charge in [-0.05, 0) is 30.2 Å². The summed E-state index contributed by atoms with van der Waals surface area (Å²) in [7, 11) is 0. The Hall–Kier alpha value is -2.31. The maximum atomic E-state index is 12.8. The molecule has 5 nitrogen and oxygen atoms in total. The van der Waals surface area contributed by atoms with Gasteiger partial charge >= 0.3 is 0 Å². The van der Waals surface area contributed by atoms with Gasteiger partial charge in [-0.1, -0.05) is 36.4 Å². The van der Waals surface area contributed by atoms with Gasteiger partial charge in [0.25, 0.3) is 0 Å². The number of amides is 2. The van der Waals surface area contributed by atoms with Crippen LogP contribution in [0.3, 0.4) is 0 Å². The summed E-state index contributed by atoms with van der Waals surface area (Å²) >= 11 is 1.68. The summed E-state index contributed by atoms with van der Waals surface area (Å²) < 4.78 is 0. The molecule has 2 amide bonds. The van der Waals surface area contributed by atoms with Crippen LogP contribution in [0.25, 0.3) is 0 Å². The summed E-state index contributed by atoms with van der Waals surface area (Å²) in [5, 5.41) is 2.91. The van der Waals surface area contributed by atoms with Crippen molar-refractivity contribution in [3.63, 3.8) is 0 Å². The zero-order valence-corrected chi connectivity index (χ0v) is 16.0. The molecule has 4 rings (SSSR count). The molecular weight excluding hydrogens is 358 g/mol. The number of hydrogen-bond donors (Lipinski definition) is 1. The Bertz CT molecular complexity index is 794. The molecule has 0 aromatic heterocycles. The zero-order valence-electron chi connectivity index (χ0n) is 15.1. The van der Waals surface area contributed by atoms with Crippen LogP contribution in [0.2, 0.25) is 0 Å². The molecule has 140 valence electrons. The van der Waals surface area contributed by atoms with Gasteiger partial charge in [-0.2, -0.15) is 0 Å². The summed E-state index contributed by atoms with van der Waals surface area (Å²) in [5.41, 5.74) is 2.09. The van der Waals surface area contributed by atoms with Gasteiger partial charge in [-0.25, -0.2) is 0 Å². The van der Waals surface area contributed by atoms with Crippen LogP contribution in [-0.2, 0) is 16.0 Å². The predicted molar refractivity (Wildman–Crippen MR) is 108 cm³/mol. The van der Waals surface area contributed by atoms with Crippen LogP contribution in [0.5, 0.6) is 0 Å². The zero-order chi connectivity index (χ0) is 18.6. The molecule has 1 atom stereocenters. The Morgan fingerprint density at radius 1 is 0.963 bits per heavy atom. The number of piperazine rings is 1. The van der Waals surface area contributed by atoms with E-state index in [1.54, 1.807) is 11.8 Å². The number of hydrogen-bond acceptors (Lipinski definition) is 4. The molecule has 1 fully saturated rings. The van der Waals surface area contributed by atoms with Crippen LogP contribution < -0.4 is 5.32 Å². The largest absolute Gasteiger partial charge is 0.339 e. The summed E-state index contributed by atoms with van der Waals surface area (Å²) in [6.45, 7) is 3.20. The van der Waals surface area contributed by atoms with E-state index in [2.05, 4.69) is 22.3 Å². The van der Waals surface area contributed by atoms with Crippen molar-refractivity contribution >= 4 is 29.3 Å². The van der Waals surface area contributed by atoms with E-state index < -0.39 is 0 Å². The Morgan fingerprint density at radius 3 is 2.41 bits per heavy atom. The normalized spacial score (nSPS) is 19.6. The minimum Gasteiger partial charge on any atom is -0.339 e. The predicted octanol–water partition coefficient (Wildman–Crippen LogP) is 2.49. The number of thioether (sulfide) groups is 1. The summed E-state index contributed by atoms with van der Waals surface area (Å²) in [6, 6.07) is 17.8. The molecule has 1 saturated heterocycles. The monoisotopic (exact) mass is 381 g/mol. The van der Waals surface area contributed by atoms with E-state index in [0.29, 0.717) is 19.6 Å². The van der Waals surface area contributed by atoms with Crippen LogP contribution in [0.1, 0.15) is 5.56 Å². The first-order valence-corrected chi connectivity index (χ1v) is 10.2. The summed E-state index contributed by atoms with van der Waals surface area (Å²) in [4.78, 5) is 30.3. The second kappa shape index (κ2) is 8.15. The number of carbonyl (C=O) groups excluding carboxylic acids is 2. The SMILES string of the molecule is O=C(CN1CCN(C(=O)C2Cc3ccccc3S2)CC1)Nc1ccccc1. The third-order valence-corrected chi connectivity index (χ3v) is 6.34. The number of anilines is 1. The number of fused-ring (bicyclic) bond motifs is 1. The molecule has 2 aromatic rings. The summed E-state index contributed by atoms with van der Waals surface area (Å²) in [5.74, 6) is 0.215. The minimum absolute atomic E-state index is 0.00432. The van der Waals surface area contributed by atoms with Crippen molar-refractivity contribution in [1.82, 2.24) is 9.80 Å². The molecule has 2 heterocycles. The molecule has 27 heavy (non-hydrogen) atoms. The number of carbonyl (C=O) groups is 2. The average Bonchev–Trinajstić information content (AvgIpc) is 3.13. The van der Waals surface area contributed by atoms with Crippen LogP contribution in [0.15, 0.2) is 59.5 Å². The van der Waals surface area contributed by atoms with E-state index in [0.717, 1.165) is 25.2 Å². The maximum Gasteiger partial charge on any atom is 0.238 e. The van der Waals surface area contributed by atoms with Crippen molar-refractivity contribution in [3.8, 4) is 0 Å². The van der Waals surface area contributed by atoms with Crippen LogP contribution >= 0.6 is 11.8 Å². The highest BCUT2D eigenvalue weighted by atomic mass is 32.2. The highest BCUT2D eigenvalue weighted by molar-refractivity contribution is 8.01. The van der Waals surface area contributed by atoms with Crippen LogP contribution in [-0.4, -0.2) is 59.6 Å². The third kappa shape index (κ3) is 4.34. The Kier molecular flexibility index (Phi) is 5.45. The van der Waals surface area contributed by atoms with Gasteiger partial charge in [-0.15, -0.1) is 11.8 Å². The minimum atomic E-state index is -0.0113. The fourth-order valence-corrected chi connectivity index (χ4v) is 4.85. The van der Waals surface area contributed by atoms with Crippen molar-refractivity contribution in [3.05, 3.63) is 60.2 Å². The molecule has 2 aliphatic rings. The molecule has 0 radical (unpaired) electrons. The van der Waals surface area contributed by atoms with E-state index in [9.17, 15) is 9.59 Å². The molecule has 0 spiro atoms. The first-order valence-electron chi connectivity index (χ1n) is 9.29. The molecule has 0 saturated carbocycles. The van der Waals surface area contributed by atoms with Gasteiger partial charge in [0.15, 0.2) is 0 Å². The quantitative estimate of drug-likeness (QED) is 0.884. The number of rotatable bonds is 4. The van der Waals surface area contributed by atoms with E-state index in [1.807, 2.05) is 47.4 Å². The standard InChI is InChI=1S/C21H23N3O2S/c25-20(22-17-7-2-1-3-8-17)15-23-10-12-24(13-11-23)21(26)19-14-16-6-4-5-9-18(16)27-19/h1-9,19H,10-15H2,(H,22,25). The summed E-state index contributed by atoms with van der Waals surface area (Å²) in [6.07, 6.45) is 0.819. The van der Waals surface area contributed by atoms with Gasteiger partial charge in [-0.3, -0.25) is 14.5 Å². The molecule has 2 aliphatic heterocycles. The van der Waals surface area contributed by atoms with Crippen LogP contribution in [0, 0.1) is 0 Å². The topological polar surface area (TPSA) is 52.7 Å². The molecule has 1 N–H and O–H groups in total. The maximum absolute atomic E-state index is 12.8. The van der Waals surface area contributed by atoms with E-state index >= 15 is 0 Å². The van der Waals surface area contributed by atoms with Gasteiger partial charge in [0, 0.05) is 36.8 Å². The second-order valence-electron chi connectivity index (χ2n) is 6.93. The number of para-hydroxylation sites is 1. The van der Waals surface area contributed by atoms with Crippen molar-refractivity contribution in [2.24, 2.45) is 0 Å². The highest BCUT2D eigenvalue weighted by Crippen LogP contribution is 2.37. The van der Waals surface area contributed by atoms with E-state index in [1.165, 1.54) is 10.5 Å². The Morgan fingerprint density at radius 2 is 1.67 bits per heavy atom. The Balaban J connectivity index is 1.24. The molecule has 0 bridgehead atoms. The first-order chi connectivity index (χ1) is 13.2. The number of benzene rings is 2. The van der Waals surface area contributed by atoms with E-state index in [4.69, 9.17) is 0 Å². The van der Waals surface area contributed by atoms with Crippen molar-refractivity contribution in [2.75, 3.05) is 38.0 Å². The lowest BCUT2D eigenvalue weighted by atomic mass is 10.1. The molecular formula is C21H23N3O2S. The fourth-order valence-electron chi connectivity index (χ4n) is 3.57. The van der Waals surface area contributed by atoms with E-state index in [-0.39, 0.29) is 17.1 Å². The molecule has 0 aliphatic carbocycles. The van der Waals surface area contributed by atoms with Crippen molar-refractivity contribution in [2.45, 2.75) is 16.6 Å². The van der Waals surface area contributed by atoms with Crippen LogP contribution in [0.4, 0.5) is 5.69 Å². The second-order valence-corrected chi connectivity index (χ2v) is 8.18. The highest BCUT2D eigenvalue weighted by Gasteiger charge is 2.32. The first kappa shape index (κ1) is 18.1. The molecule has 2 aromatic carbocycles. The molecule has 1 unspecified atom stereocenters. The van der Waals surface area contributed by atoms with Gasteiger partial charge in [0.1, 0.15) is 0 Å². The lowest BCUT2D eigenvalue weighted by Gasteiger charge is -2.35. The number of nitrogens with zero attached hydrogens (tertiary/aromatic N) is 2. The fraction of sp³-hybridized carbons (Fsp3) is 0.333.